The number of benzene rings is 2. The molecular formula is C27H24F2N6O2S. The Kier molecular flexibility index (Phi) is 6.36. The van der Waals surface area contributed by atoms with Crippen molar-refractivity contribution in [3.63, 3.8) is 0 Å². The molecule has 2 aromatic heterocycles. The maximum Gasteiger partial charge on any atom is 0.318 e. The number of hydrogen-bond donors (Lipinski definition) is 1. The zero-order valence-corrected chi connectivity index (χ0v) is 21.8. The molecule has 5 rings (SSSR count). The number of methoxy groups -OCH3 is 1. The fourth-order valence-corrected chi connectivity index (χ4v) is 6.19. The van der Waals surface area contributed by atoms with Crippen molar-refractivity contribution >= 4 is 49.1 Å². The van der Waals surface area contributed by atoms with Crippen LogP contribution in [0.1, 0.15) is 18.9 Å². The minimum Gasteiger partial charge on any atom is -0.467 e. The van der Waals surface area contributed by atoms with Gasteiger partial charge in [0.25, 0.3) is 0 Å². The van der Waals surface area contributed by atoms with E-state index in [0.29, 0.717) is 29.7 Å². The van der Waals surface area contributed by atoms with Gasteiger partial charge in [-0.3, -0.25) is 4.79 Å². The molecule has 1 saturated heterocycles. The molecule has 38 heavy (non-hydrogen) atoms. The molecule has 2 atom stereocenters. The summed E-state index contributed by atoms with van der Waals surface area (Å²) in [6.45, 7) is 6.09. The minimum absolute atomic E-state index is 0.0139. The zero-order chi connectivity index (χ0) is 27.3. The molecule has 0 aliphatic carbocycles. The second-order valence-corrected chi connectivity index (χ2v) is 10.1. The van der Waals surface area contributed by atoms with Gasteiger partial charge in [0.15, 0.2) is 5.82 Å². The molecule has 1 aliphatic rings. The Bertz CT molecular complexity index is 1660. The molecule has 8 nitrogen and oxygen atoms in total. The molecule has 11 heteroatoms. The maximum atomic E-state index is 16.2. The van der Waals surface area contributed by atoms with Crippen LogP contribution in [0.2, 0.25) is 0 Å². The number of anilines is 2. The second kappa shape index (κ2) is 9.54. The van der Waals surface area contributed by atoms with Crippen LogP contribution in [0.4, 0.5) is 19.6 Å². The summed E-state index contributed by atoms with van der Waals surface area (Å²) in [4.78, 5) is 24.7. The number of rotatable bonds is 5. The highest BCUT2D eigenvalue weighted by Gasteiger charge is 2.36. The van der Waals surface area contributed by atoms with Gasteiger partial charge in [-0.15, -0.1) is 11.3 Å². The maximum absolute atomic E-state index is 16.2. The number of aromatic nitrogens is 2. The fourth-order valence-electron chi connectivity index (χ4n) is 5.25. The lowest BCUT2D eigenvalue weighted by Gasteiger charge is -2.32. The van der Waals surface area contributed by atoms with Gasteiger partial charge in [-0.2, -0.15) is 15.2 Å². The van der Waals surface area contributed by atoms with Gasteiger partial charge in [0.05, 0.1) is 23.4 Å². The fraction of sp³-hybridized carbons (Fsp3) is 0.259. The summed E-state index contributed by atoms with van der Waals surface area (Å²) < 4.78 is 36.3. The number of fused-ring (bicyclic) bond motifs is 2. The monoisotopic (exact) mass is 534 g/mol. The van der Waals surface area contributed by atoms with Gasteiger partial charge in [0.2, 0.25) is 5.91 Å². The van der Waals surface area contributed by atoms with Crippen LogP contribution in [-0.2, 0) is 4.79 Å². The third-order valence-electron chi connectivity index (χ3n) is 7.17. The largest absolute Gasteiger partial charge is 0.467 e. The van der Waals surface area contributed by atoms with Crippen molar-refractivity contribution in [2.75, 3.05) is 31.3 Å². The average Bonchev–Trinajstić information content (AvgIpc) is 3.47. The first-order valence-corrected chi connectivity index (χ1v) is 12.6. The van der Waals surface area contributed by atoms with Gasteiger partial charge in [-0.05, 0) is 37.1 Å². The lowest BCUT2D eigenvalue weighted by atomic mass is 9.97. The molecule has 1 unspecified atom stereocenters. The second-order valence-electron chi connectivity index (χ2n) is 9.05. The Morgan fingerprint density at radius 1 is 1.32 bits per heavy atom. The number of nitriles is 1. The molecule has 2 N–H and O–H groups in total. The number of hydrogen-bond acceptors (Lipinski definition) is 8. The highest BCUT2D eigenvalue weighted by Crippen LogP contribution is 2.43. The summed E-state index contributed by atoms with van der Waals surface area (Å²) >= 11 is 0.950. The van der Waals surface area contributed by atoms with Crippen LogP contribution in [0.3, 0.4) is 0 Å². The van der Waals surface area contributed by atoms with Gasteiger partial charge in [0.1, 0.15) is 28.2 Å². The molecule has 1 fully saturated rings. The first kappa shape index (κ1) is 25.4. The first-order valence-electron chi connectivity index (χ1n) is 11.8. The van der Waals surface area contributed by atoms with E-state index in [0.717, 1.165) is 11.3 Å². The standard InChI is InChI=1S/C27H24F2N6O2S/c1-5-20(36)35-11-10-19(13(35)2)34(3)26-16-7-6-15(22(29)23(16)32-27(33-26)37-4)14-8-9-18(28)24-21(14)17(12-30)25(31)38-24/h5-9,13,19H,1,10-11,31H2,2-4H3/t13-,19?/m1/s1. The average molecular weight is 535 g/mol. The molecular weight excluding hydrogens is 510 g/mol. The summed E-state index contributed by atoms with van der Waals surface area (Å²) in [5.74, 6) is -0.900. The Labute approximate surface area is 221 Å². The van der Waals surface area contributed by atoms with Crippen LogP contribution in [0, 0.1) is 23.0 Å². The molecule has 0 bridgehead atoms. The first-order chi connectivity index (χ1) is 18.2. The number of thiophene rings is 1. The predicted molar refractivity (Wildman–Crippen MR) is 144 cm³/mol. The van der Waals surface area contributed by atoms with E-state index in [4.69, 9.17) is 10.5 Å². The number of likely N-dealkylation sites (tertiary alicyclic amines) is 1. The Morgan fingerprint density at radius 3 is 2.74 bits per heavy atom. The topological polar surface area (TPSA) is 108 Å². The molecule has 4 aromatic rings. The lowest BCUT2D eigenvalue weighted by Crippen LogP contribution is -2.43. The summed E-state index contributed by atoms with van der Waals surface area (Å²) in [5, 5.41) is 10.5. The van der Waals surface area contributed by atoms with E-state index < -0.39 is 11.6 Å². The summed E-state index contributed by atoms with van der Waals surface area (Å²) in [6, 6.07) is 7.70. The number of carbonyl (C=O) groups is 1. The van der Waals surface area contributed by atoms with Crippen molar-refractivity contribution in [1.82, 2.24) is 14.9 Å². The highest BCUT2D eigenvalue weighted by molar-refractivity contribution is 7.23. The minimum atomic E-state index is -0.664. The van der Waals surface area contributed by atoms with Gasteiger partial charge in [-0.25, -0.2) is 8.78 Å². The Balaban J connectivity index is 1.68. The molecule has 3 heterocycles. The zero-order valence-electron chi connectivity index (χ0n) is 21.0. The van der Waals surface area contributed by atoms with E-state index in [2.05, 4.69) is 16.5 Å². The predicted octanol–water partition coefficient (Wildman–Crippen LogP) is 4.86. The van der Waals surface area contributed by atoms with Crippen LogP contribution in [0.15, 0.2) is 36.9 Å². The van der Waals surface area contributed by atoms with E-state index in [-0.39, 0.29) is 55.7 Å². The van der Waals surface area contributed by atoms with Crippen molar-refractivity contribution < 1.29 is 18.3 Å². The quantitative estimate of drug-likeness (QED) is 0.364. The number of likely N-dealkylation sites (N-methyl/N-ethyl adjacent to an activating group) is 1. The van der Waals surface area contributed by atoms with Gasteiger partial charge >= 0.3 is 6.01 Å². The van der Waals surface area contributed by atoms with Gasteiger partial charge < -0.3 is 20.3 Å². The molecule has 0 radical (unpaired) electrons. The van der Waals surface area contributed by atoms with E-state index in [9.17, 15) is 14.4 Å². The molecule has 1 amide bonds. The van der Waals surface area contributed by atoms with Crippen molar-refractivity contribution in [2.24, 2.45) is 0 Å². The molecule has 2 aromatic carbocycles. The summed E-state index contributed by atoms with van der Waals surface area (Å²) in [5.41, 5.74) is 6.57. The van der Waals surface area contributed by atoms with Crippen molar-refractivity contribution in [3.8, 4) is 23.2 Å². The smallest absolute Gasteiger partial charge is 0.318 e. The van der Waals surface area contributed by atoms with E-state index in [1.54, 1.807) is 17.0 Å². The molecule has 1 aliphatic heterocycles. The van der Waals surface area contributed by atoms with Crippen LogP contribution < -0.4 is 15.4 Å². The third kappa shape index (κ3) is 3.80. The van der Waals surface area contributed by atoms with Crippen LogP contribution in [-0.4, -0.2) is 53.6 Å². The number of amides is 1. The number of nitrogens with two attached hydrogens (primary N) is 1. The highest BCUT2D eigenvalue weighted by atomic mass is 32.1. The SMILES string of the molecule is C=CC(=O)N1CCC(N(C)c2nc(OC)nc3c(F)c(-c4ccc(F)c5sc(N)c(C#N)c45)ccc23)[C@H]1C. The number of carbonyl (C=O) groups excluding carboxylic acids is 1. The number of ether oxygens (including phenoxy) is 1. The Morgan fingerprint density at radius 2 is 2.05 bits per heavy atom. The number of nitrogens with zero attached hydrogens (tertiary/aromatic N) is 5. The van der Waals surface area contributed by atoms with Gasteiger partial charge in [0, 0.05) is 36.0 Å². The lowest BCUT2D eigenvalue weighted by molar-refractivity contribution is -0.126. The normalized spacial score (nSPS) is 17.1. The van der Waals surface area contributed by atoms with Crippen LogP contribution >= 0.6 is 11.3 Å². The Hall–Kier alpha value is -4.30. The van der Waals surface area contributed by atoms with Crippen molar-refractivity contribution in [2.45, 2.75) is 25.4 Å². The number of halogens is 2. The van der Waals surface area contributed by atoms with Crippen molar-refractivity contribution in [1.29, 1.82) is 5.26 Å². The van der Waals surface area contributed by atoms with Crippen LogP contribution in [0.5, 0.6) is 6.01 Å². The van der Waals surface area contributed by atoms with E-state index >= 15 is 4.39 Å². The molecule has 194 valence electrons. The molecule has 0 saturated carbocycles. The molecule has 0 spiro atoms. The van der Waals surface area contributed by atoms with E-state index in [1.807, 2.05) is 24.9 Å². The summed E-state index contributed by atoms with van der Waals surface area (Å²) in [6.07, 6.45) is 1.99. The third-order valence-corrected chi connectivity index (χ3v) is 8.20. The number of nitrogen functional groups attached to an aromatic ring is 1. The van der Waals surface area contributed by atoms with Crippen molar-refractivity contribution in [3.05, 3.63) is 54.1 Å². The van der Waals surface area contributed by atoms with Crippen LogP contribution in [0.25, 0.3) is 32.1 Å². The van der Waals surface area contributed by atoms with E-state index in [1.165, 1.54) is 25.3 Å². The summed E-state index contributed by atoms with van der Waals surface area (Å²) in [7, 11) is 3.24. The van der Waals surface area contributed by atoms with Gasteiger partial charge in [-0.1, -0.05) is 18.7 Å².